The summed E-state index contributed by atoms with van der Waals surface area (Å²) in [7, 11) is 0. The first-order valence-electron chi connectivity index (χ1n) is 5.60. The number of aromatic nitrogens is 2. The summed E-state index contributed by atoms with van der Waals surface area (Å²) in [4.78, 5) is 17.8. The fraction of sp³-hybridized carbons (Fsp3) is 0.231. The molecular formula is C13H15N3O2. The van der Waals surface area contributed by atoms with Crippen LogP contribution in [-0.2, 0) is 6.61 Å². The van der Waals surface area contributed by atoms with Gasteiger partial charge >= 0.3 is 0 Å². The van der Waals surface area contributed by atoms with E-state index in [4.69, 9.17) is 10.5 Å². The van der Waals surface area contributed by atoms with Crippen LogP contribution in [0.1, 0.15) is 17.0 Å². The number of nitrogen functional groups attached to an aromatic ring is 1. The van der Waals surface area contributed by atoms with E-state index in [1.165, 1.54) is 11.8 Å². The lowest BCUT2D eigenvalue weighted by molar-refractivity contribution is 0.295. The normalized spacial score (nSPS) is 10.3. The van der Waals surface area contributed by atoms with Gasteiger partial charge in [0.15, 0.2) is 0 Å². The molecule has 0 spiro atoms. The molecule has 2 aromatic rings. The van der Waals surface area contributed by atoms with Crippen molar-refractivity contribution in [3.63, 3.8) is 0 Å². The van der Waals surface area contributed by atoms with Gasteiger partial charge in [-0.1, -0.05) is 6.07 Å². The average molecular weight is 245 g/mol. The number of hydrogen-bond acceptors (Lipinski definition) is 4. The van der Waals surface area contributed by atoms with Crippen LogP contribution in [0.3, 0.4) is 0 Å². The second-order valence-electron chi connectivity index (χ2n) is 4.15. The predicted octanol–water partition coefficient (Wildman–Crippen LogP) is 1.55. The van der Waals surface area contributed by atoms with Gasteiger partial charge in [0.05, 0.1) is 6.20 Å². The van der Waals surface area contributed by atoms with Crippen molar-refractivity contribution < 1.29 is 4.74 Å². The molecule has 3 N–H and O–H groups in total. The van der Waals surface area contributed by atoms with E-state index in [-0.39, 0.29) is 17.9 Å². The molecule has 94 valence electrons. The van der Waals surface area contributed by atoms with Gasteiger partial charge in [-0.05, 0) is 37.1 Å². The van der Waals surface area contributed by atoms with Crippen LogP contribution < -0.4 is 16.0 Å². The Bertz CT molecular complexity index is 620. The predicted molar refractivity (Wildman–Crippen MR) is 69.5 cm³/mol. The molecule has 2 rings (SSSR count). The lowest BCUT2D eigenvalue weighted by Crippen LogP contribution is -2.16. The molecule has 1 heterocycles. The summed E-state index contributed by atoms with van der Waals surface area (Å²) in [6.07, 6.45) is 1.33. The molecule has 5 heteroatoms. The molecule has 1 aromatic carbocycles. The van der Waals surface area contributed by atoms with Crippen LogP contribution in [0.2, 0.25) is 0 Å². The number of rotatable bonds is 3. The Kier molecular flexibility index (Phi) is 3.32. The summed E-state index contributed by atoms with van der Waals surface area (Å²) in [6.45, 7) is 4.27. The van der Waals surface area contributed by atoms with Gasteiger partial charge in [-0.3, -0.25) is 4.79 Å². The first-order chi connectivity index (χ1) is 8.56. The smallest absolute Gasteiger partial charge is 0.274 e. The van der Waals surface area contributed by atoms with Gasteiger partial charge in [0, 0.05) is 0 Å². The van der Waals surface area contributed by atoms with E-state index in [2.05, 4.69) is 9.97 Å². The minimum absolute atomic E-state index is 0.102. The molecule has 0 radical (unpaired) electrons. The number of nitrogens with two attached hydrogens (primary N) is 1. The summed E-state index contributed by atoms with van der Waals surface area (Å²) < 4.78 is 5.55. The SMILES string of the molecule is Cc1ccc(OCc2ncc(N)c(=O)[nH]2)cc1C. The minimum Gasteiger partial charge on any atom is -0.486 e. The van der Waals surface area contributed by atoms with Crippen molar-refractivity contribution in [2.24, 2.45) is 0 Å². The molecule has 0 amide bonds. The number of nitrogens with one attached hydrogen (secondary N) is 1. The summed E-state index contributed by atoms with van der Waals surface area (Å²) in [5.41, 5.74) is 7.51. The molecular weight excluding hydrogens is 230 g/mol. The van der Waals surface area contributed by atoms with Crippen molar-refractivity contribution in [3.8, 4) is 5.75 Å². The topological polar surface area (TPSA) is 81.0 Å². The Balaban J connectivity index is 2.09. The molecule has 5 nitrogen and oxygen atoms in total. The van der Waals surface area contributed by atoms with Gasteiger partial charge in [0.1, 0.15) is 23.9 Å². The fourth-order valence-corrected chi connectivity index (χ4v) is 1.47. The lowest BCUT2D eigenvalue weighted by Gasteiger charge is -2.07. The molecule has 0 atom stereocenters. The van der Waals surface area contributed by atoms with Crippen LogP contribution in [-0.4, -0.2) is 9.97 Å². The van der Waals surface area contributed by atoms with Crippen LogP contribution in [0.15, 0.2) is 29.2 Å². The van der Waals surface area contributed by atoms with Crippen LogP contribution in [0.5, 0.6) is 5.75 Å². The molecule has 1 aromatic heterocycles. The Morgan fingerprint density at radius 2 is 2.11 bits per heavy atom. The minimum atomic E-state index is -0.344. The number of benzene rings is 1. The highest BCUT2D eigenvalue weighted by Crippen LogP contribution is 2.16. The van der Waals surface area contributed by atoms with E-state index in [1.807, 2.05) is 32.0 Å². The number of hydrogen-bond donors (Lipinski definition) is 2. The van der Waals surface area contributed by atoms with Crippen molar-refractivity contribution in [2.45, 2.75) is 20.5 Å². The number of anilines is 1. The van der Waals surface area contributed by atoms with Crippen LogP contribution >= 0.6 is 0 Å². The number of H-pyrrole nitrogens is 1. The van der Waals surface area contributed by atoms with Crippen molar-refractivity contribution in [2.75, 3.05) is 5.73 Å². The van der Waals surface area contributed by atoms with E-state index in [0.29, 0.717) is 5.82 Å². The second kappa shape index (κ2) is 4.91. The van der Waals surface area contributed by atoms with Gasteiger partial charge in [-0.2, -0.15) is 0 Å². The summed E-state index contributed by atoms with van der Waals surface area (Å²) in [6, 6.07) is 5.83. The molecule has 0 unspecified atom stereocenters. The van der Waals surface area contributed by atoms with Crippen molar-refractivity contribution >= 4 is 5.69 Å². The molecule has 0 aliphatic carbocycles. The Morgan fingerprint density at radius 3 is 2.78 bits per heavy atom. The fourth-order valence-electron chi connectivity index (χ4n) is 1.47. The zero-order chi connectivity index (χ0) is 13.1. The first-order valence-corrected chi connectivity index (χ1v) is 5.60. The number of aryl methyl sites for hydroxylation is 2. The Hall–Kier alpha value is -2.30. The van der Waals surface area contributed by atoms with Crippen molar-refractivity contribution in [1.29, 1.82) is 0 Å². The summed E-state index contributed by atoms with van der Waals surface area (Å²) in [5.74, 6) is 1.20. The average Bonchev–Trinajstić information content (AvgIpc) is 2.35. The molecule has 0 saturated heterocycles. The quantitative estimate of drug-likeness (QED) is 0.859. The zero-order valence-electron chi connectivity index (χ0n) is 10.4. The monoisotopic (exact) mass is 245 g/mol. The van der Waals surface area contributed by atoms with Crippen molar-refractivity contribution in [1.82, 2.24) is 9.97 Å². The largest absolute Gasteiger partial charge is 0.486 e. The van der Waals surface area contributed by atoms with E-state index in [9.17, 15) is 4.79 Å². The van der Waals surface area contributed by atoms with Gasteiger partial charge in [0.25, 0.3) is 5.56 Å². The van der Waals surface area contributed by atoms with Crippen LogP contribution in [0, 0.1) is 13.8 Å². The molecule has 0 saturated carbocycles. The van der Waals surface area contributed by atoms with E-state index >= 15 is 0 Å². The highest BCUT2D eigenvalue weighted by molar-refractivity contribution is 5.34. The molecule has 0 aliphatic rings. The number of nitrogens with zero attached hydrogens (tertiary/aromatic N) is 1. The Labute approximate surface area is 105 Å². The zero-order valence-corrected chi connectivity index (χ0v) is 10.4. The second-order valence-corrected chi connectivity index (χ2v) is 4.15. The summed E-state index contributed by atoms with van der Waals surface area (Å²) >= 11 is 0. The van der Waals surface area contributed by atoms with E-state index < -0.39 is 0 Å². The van der Waals surface area contributed by atoms with Crippen molar-refractivity contribution in [3.05, 3.63) is 51.7 Å². The summed E-state index contributed by atoms with van der Waals surface area (Å²) in [5, 5.41) is 0. The molecule has 0 fully saturated rings. The van der Waals surface area contributed by atoms with Gasteiger partial charge in [0.2, 0.25) is 0 Å². The highest BCUT2D eigenvalue weighted by atomic mass is 16.5. The van der Waals surface area contributed by atoms with Crippen LogP contribution in [0.25, 0.3) is 0 Å². The maximum Gasteiger partial charge on any atom is 0.274 e. The maximum absolute atomic E-state index is 11.3. The molecule has 18 heavy (non-hydrogen) atoms. The van der Waals surface area contributed by atoms with Crippen LogP contribution in [0.4, 0.5) is 5.69 Å². The van der Waals surface area contributed by atoms with E-state index in [0.717, 1.165) is 11.3 Å². The Morgan fingerprint density at radius 1 is 1.33 bits per heavy atom. The van der Waals surface area contributed by atoms with E-state index in [1.54, 1.807) is 0 Å². The number of ether oxygens (including phenoxy) is 1. The third-order valence-electron chi connectivity index (χ3n) is 2.73. The molecule has 0 aliphatic heterocycles. The lowest BCUT2D eigenvalue weighted by atomic mass is 10.1. The van der Waals surface area contributed by atoms with Gasteiger partial charge in [-0.15, -0.1) is 0 Å². The van der Waals surface area contributed by atoms with Gasteiger partial charge in [-0.25, -0.2) is 4.98 Å². The van der Waals surface area contributed by atoms with Gasteiger partial charge < -0.3 is 15.5 Å². The third-order valence-corrected chi connectivity index (χ3v) is 2.73. The third kappa shape index (κ3) is 2.68. The highest BCUT2D eigenvalue weighted by Gasteiger charge is 2.01. The number of aromatic amines is 1. The first kappa shape index (κ1) is 12.2. The maximum atomic E-state index is 11.3. The molecule has 0 bridgehead atoms. The standard InChI is InChI=1S/C13H15N3O2/c1-8-3-4-10(5-9(8)2)18-7-12-15-6-11(14)13(17)16-12/h3-6H,7,14H2,1-2H3,(H,15,16,17).